The zero-order valence-corrected chi connectivity index (χ0v) is 19.5. The number of hydrogen-bond donors (Lipinski definition) is 1. The van der Waals surface area contributed by atoms with Gasteiger partial charge in [0, 0.05) is 37.3 Å². The van der Waals surface area contributed by atoms with E-state index in [0.29, 0.717) is 32.8 Å². The van der Waals surface area contributed by atoms with E-state index in [2.05, 4.69) is 15.5 Å². The lowest BCUT2D eigenvalue weighted by Gasteiger charge is -2.26. The molecule has 182 valence electrons. The van der Waals surface area contributed by atoms with Crippen LogP contribution in [0, 0.1) is 0 Å². The van der Waals surface area contributed by atoms with Gasteiger partial charge in [0.1, 0.15) is 0 Å². The molecule has 12 heteroatoms. The standard InChI is InChI=1S/C23H23N5O6S/c29-20-14-17(15-28(20)18-4-2-1-3-5-18)22-25-26-23(34-22)24-21(30)16-6-8-19(9-7-16)35(31,32)27-10-12-33-13-11-27/h1-9,17H,10-15H2,(H,24,26,30)/t17-/m1/s1. The highest BCUT2D eigenvalue weighted by Crippen LogP contribution is 2.31. The van der Waals surface area contributed by atoms with Gasteiger partial charge in [-0.05, 0) is 36.4 Å². The van der Waals surface area contributed by atoms with E-state index in [1.165, 1.54) is 28.6 Å². The summed E-state index contributed by atoms with van der Waals surface area (Å²) in [6.07, 6.45) is 0.226. The maximum Gasteiger partial charge on any atom is 0.322 e. The van der Waals surface area contributed by atoms with Crippen LogP contribution in [0.3, 0.4) is 0 Å². The van der Waals surface area contributed by atoms with E-state index in [0.717, 1.165) is 5.69 Å². The Labute approximate surface area is 201 Å². The van der Waals surface area contributed by atoms with Gasteiger partial charge in [0.05, 0.1) is 24.0 Å². The van der Waals surface area contributed by atoms with Crippen molar-refractivity contribution in [3.63, 3.8) is 0 Å². The van der Waals surface area contributed by atoms with Crippen LogP contribution in [0.15, 0.2) is 63.9 Å². The normalized spacial score (nSPS) is 19.1. The second kappa shape index (κ2) is 9.56. The lowest BCUT2D eigenvalue weighted by Crippen LogP contribution is -2.40. The van der Waals surface area contributed by atoms with Gasteiger partial charge in [-0.3, -0.25) is 14.9 Å². The van der Waals surface area contributed by atoms with Crippen molar-refractivity contribution in [2.75, 3.05) is 43.1 Å². The van der Waals surface area contributed by atoms with Crippen molar-refractivity contribution in [3.8, 4) is 0 Å². The van der Waals surface area contributed by atoms with Gasteiger partial charge in [-0.1, -0.05) is 23.3 Å². The van der Waals surface area contributed by atoms with Crippen molar-refractivity contribution in [3.05, 3.63) is 66.1 Å². The molecule has 2 saturated heterocycles. The average molecular weight is 498 g/mol. The molecular weight excluding hydrogens is 474 g/mol. The SMILES string of the molecule is O=C(Nc1nnc([C@@H]2CC(=O)N(c3ccccc3)C2)o1)c1ccc(S(=O)(=O)N2CCOCC2)cc1. The van der Waals surface area contributed by atoms with E-state index in [1.807, 2.05) is 30.3 Å². The summed E-state index contributed by atoms with van der Waals surface area (Å²) < 4.78 is 37.6. The Morgan fingerprint density at radius 3 is 2.43 bits per heavy atom. The second-order valence-electron chi connectivity index (χ2n) is 8.18. The van der Waals surface area contributed by atoms with Crippen LogP contribution in [0.25, 0.3) is 0 Å². The number of carbonyl (C=O) groups excluding carboxylic acids is 2. The summed E-state index contributed by atoms with van der Waals surface area (Å²) in [7, 11) is -3.65. The first-order chi connectivity index (χ1) is 16.9. The number of hydrogen-bond acceptors (Lipinski definition) is 8. The molecule has 2 amide bonds. The highest BCUT2D eigenvalue weighted by Gasteiger charge is 2.35. The fourth-order valence-electron chi connectivity index (χ4n) is 4.06. The Hall–Kier alpha value is -3.61. The van der Waals surface area contributed by atoms with E-state index in [4.69, 9.17) is 9.15 Å². The van der Waals surface area contributed by atoms with Gasteiger partial charge in [-0.25, -0.2) is 8.42 Å². The van der Waals surface area contributed by atoms with Crippen molar-refractivity contribution in [2.45, 2.75) is 17.2 Å². The molecule has 3 heterocycles. The molecule has 0 spiro atoms. The number of anilines is 2. The van der Waals surface area contributed by atoms with Crippen molar-refractivity contribution in [1.29, 1.82) is 0 Å². The van der Waals surface area contributed by atoms with Crippen LogP contribution in [0.2, 0.25) is 0 Å². The fourth-order valence-corrected chi connectivity index (χ4v) is 5.47. The summed E-state index contributed by atoms with van der Waals surface area (Å²) in [6.45, 7) is 1.69. The van der Waals surface area contributed by atoms with Gasteiger partial charge in [-0.2, -0.15) is 4.31 Å². The summed E-state index contributed by atoms with van der Waals surface area (Å²) in [5.74, 6) is -0.592. The molecule has 35 heavy (non-hydrogen) atoms. The summed E-state index contributed by atoms with van der Waals surface area (Å²) >= 11 is 0. The van der Waals surface area contributed by atoms with Crippen LogP contribution < -0.4 is 10.2 Å². The first-order valence-corrected chi connectivity index (χ1v) is 12.5. The predicted octanol–water partition coefficient (Wildman–Crippen LogP) is 1.86. The predicted molar refractivity (Wildman–Crippen MR) is 124 cm³/mol. The maximum absolute atomic E-state index is 12.7. The molecule has 1 aromatic heterocycles. The van der Waals surface area contributed by atoms with E-state index in [-0.39, 0.29) is 40.6 Å². The van der Waals surface area contributed by atoms with Gasteiger partial charge in [0.25, 0.3) is 5.91 Å². The molecule has 0 unspecified atom stereocenters. The van der Waals surface area contributed by atoms with Gasteiger partial charge in [-0.15, -0.1) is 5.10 Å². The summed E-state index contributed by atoms with van der Waals surface area (Å²) in [5, 5.41) is 10.4. The summed E-state index contributed by atoms with van der Waals surface area (Å²) in [6, 6.07) is 14.9. The number of morpholine rings is 1. The first-order valence-electron chi connectivity index (χ1n) is 11.1. The van der Waals surface area contributed by atoms with Crippen LogP contribution in [0.5, 0.6) is 0 Å². The molecule has 0 bridgehead atoms. The molecule has 5 rings (SSSR count). The van der Waals surface area contributed by atoms with Crippen molar-refractivity contribution in [1.82, 2.24) is 14.5 Å². The summed E-state index contributed by atoms with van der Waals surface area (Å²) in [5.41, 5.74) is 1.03. The molecule has 11 nitrogen and oxygen atoms in total. The minimum absolute atomic E-state index is 0.0443. The molecule has 2 aliphatic heterocycles. The van der Waals surface area contributed by atoms with E-state index < -0.39 is 15.9 Å². The molecular formula is C23H23N5O6S. The van der Waals surface area contributed by atoms with Crippen LogP contribution in [-0.4, -0.2) is 67.6 Å². The highest BCUT2D eigenvalue weighted by atomic mass is 32.2. The van der Waals surface area contributed by atoms with E-state index >= 15 is 0 Å². The lowest BCUT2D eigenvalue weighted by atomic mass is 10.1. The smallest absolute Gasteiger partial charge is 0.322 e. The molecule has 3 aromatic rings. The maximum atomic E-state index is 12.7. The third-order valence-electron chi connectivity index (χ3n) is 5.93. The Bertz CT molecular complexity index is 1320. The van der Waals surface area contributed by atoms with Crippen molar-refractivity contribution >= 4 is 33.5 Å². The number of para-hydroxylation sites is 1. The van der Waals surface area contributed by atoms with Gasteiger partial charge in [0.15, 0.2) is 0 Å². The van der Waals surface area contributed by atoms with Crippen LogP contribution in [0.1, 0.15) is 28.6 Å². The third kappa shape index (κ3) is 4.81. The number of benzene rings is 2. The number of amides is 2. The number of aromatic nitrogens is 2. The van der Waals surface area contributed by atoms with Crippen molar-refractivity contribution in [2.24, 2.45) is 0 Å². The van der Waals surface area contributed by atoms with E-state index in [9.17, 15) is 18.0 Å². The minimum atomic E-state index is -3.65. The molecule has 2 fully saturated rings. The number of rotatable bonds is 6. The van der Waals surface area contributed by atoms with Crippen LogP contribution in [-0.2, 0) is 19.6 Å². The minimum Gasteiger partial charge on any atom is -0.407 e. The molecule has 0 saturated carbocycles. The topological polar surface area (TPSA) is 135 Å². The van der Waals surface area contributed by atoms with Crippen LogP contribution >= 0.6 is 0 Å². The number of nitrogens with zero attached hydrogens (tertiary/aromatic N) is 4. The van der Waals surface area contributed by atoms with Gasteiger partial charge < -0.3 is 14.1 Å². The Kier molecular flexibility index (Phi) is 6.32. The Balaban J connectivity index is 1.23. The van der Waals surface area contributed by atoms with Crippen LogP contribution in [0.4, 0.5) is 11.7 Å². The highest BCUT2D eigenvalue weighted by molar-refractivity contribution is 7.89. The fraction of sp³-hybridized carbons (Fsp3) is 0.304. The second-order valence-corrected chi connectivity index (χ2v) is 10.1. The Morgan fingerprint density at radius 2 is 1.71 bits per heavy atom. The third-order valence-corrected chi connectivity index (χ3v) is 7.84. The molecule has 2 aromatic carbocycles. The summed E-state index contributed by atoms with van der Waals surface area (Å²) in [4.78, 5) is 26.8. The molecule has 0 radical (unpaired) electrons. The monoisotopic (exact) mass is 497 g/mol. The number of carbonyl (C=O) groups is 2. The lowest BCUT2D eigenvalue weighted by molar-refractivity contribution is -0.117. The quantitative estimate of drug-likeness (QED) is 0.545. The molecule has 2 aliphatic rings. The van der Waals surface area contributed by atoms with Gasteiger partial charge in [0.2, 0.25) is 21.8 Å². The van der Waals surface area contributed by atoms with Gasteiger partial charge >= 0.3 is 6.01 Å². The average Bonchev–Trinajstić information content (AvgIpc) is 3.51. The molecule has 1 atom stereocenters. The van der Waals surface area contributed by atoms with Crippen molar-refractivity contribution < 1.29 is 27.2 Å². The first kappa shape index (κ1) is 23.1. The molecule has 1 N–H and O–H groups in total. The number of sulfonamides is 1. The Morgan fingerprint density at radius 1 is 1.00 bits per heavy atom. The number of ether oxygens (including phenoxy) is 1. The largest absolute Gasteiger partial charge is 0.407 e. The number of nitrogens with one attached hydrogen (secondary N) is 1. The van der Waals surface area contributed by atoms with E-state index in [1.54, 1.807) is 4.90 Å². The zero-order valence-electron chi connectivity index (χ0n) is 18.7. The molecule has 0 aliphatic carbocycles. The zero-order chi connectivity index (χ0) is 24.4.